The van der Waals surface area contributed by atoms with Crippen molar-refractivity contribution < 1.29 is 9.32 Å². The number of carbonyl (C=O) groups is 1. The van der Waals surface area contributed by atoms with Gasteiger partial charge in [0.2, 0.25) is 0 Å². The van der Waals surface area contributed by atoms with Crippen molar-refractivity contribution >= 4 is 5.91 Å². The largest absolute Gasteiger partial charge is 0.364 e. The third-order valence-corrected chi connectivity index (χ3v) is 3.66. The number of hydrogen-bond acceptors (Lipinski definition) is 5. The molecular weight excluding hydrogens is 260 g/mol. The van der Waals surface area contributed by atoms with E-state index in [1.807, 2.05) is 0 Å². The predicted molar refractivity (Wildman–Crippen MR) is 66.9 cm³/mol. The Kier molecular flexibility index (Phi) is 2.29. The summed E-state index contributed by atoms with van der Waals surface area (Å²) in [4.78, 5) is 32.7. The molecule has 1 aliphatic heterocycles. The molecule has 2 aromatic heterocycles. The van der Waals surface area contributed by atoms with Crippen LogP contribution in [-0.4, -0.2) is 25.9 Å². The maximum absolute atomic E-state index is 12.4. The van der Waals surface area contributed by atoms with Crippen LogP contribution in [0.5, 0.6) is 0 Å². The zero-order valence-electron chi connectivity index (χ0n) is 10.6. The molecule has 7 heteroatoms. The molecule has 0 aromatic carbocycles. The standard InChI is InChI=1S/C13H12N4O3/c18-11-3-9(14-12(15-11)7-1-2-7)13(19)17-4-8-6-20-16-10(8)5-17/h3,6-7H,1-2,4-5H2,(H,14,15,18). The van der Waals surface area contributed by atoms with Crippen molar-refractivity contribution in [2.24, 2.45) is 0 Å². The third kappa shape index (κ3) is 1.82. The molecule has 0 saturated heterocycles. The van der Waals surface area contributed by atoms with Crippen molar-refractivity contribution in [2.75, 3.05) is 0 Å². The number of aromatic amines is 1. The molecule has 3 heterocycles. The SMILES string of the molecule is O=C(c1cc(=O)[nH]c(C2CC2)n1)N1Cc2conc2C1. The molecule has 1 saturated carbocycles. The molecule has 1 aliphatic carbocycles. The van der Waals surface area contributed by atoms with Gasteiger partial charge < -0.3 is 14.4 Å². The van der Waals surface area contributed by atoms with Gasteiger partial charge in [-0.2, -0.15) is 0 Å². The van der Waals surface area contributed by atoms with Crippen LogP contribution in [0, 0.1) is 0 Å². The topological polar surface area (TPSA) is 92.1 Å². The van der Waals surface area contributed by atoms with E-state index in [2.05, 4.69) is 15.1 Å². The number of aromatic nitrogens is 3. The summed E-state index contributed by atoms with van der Waals surface area (Å²) in [6.07, 6.45) is 3.58. The summed E-state index contributed by atoms with van der Waals surface area (Å²) in [5, 5.41) is 3.84. The Morgan fingerprint density at radius 3 is 3.00 bits per heavy atom. The maximum atomic E-state index is 12.4. The fraction of sp³-hybridized carbons (Fsp3) is 0.385. The van der Waals surface area contributed by atoms with E-state index in [9.17, 15) is 9.59 Å². The number of amides is 1. The molecule has 1 N–H and O–H groups in total. The van der Waals surface area contributed by atoms with E-state index in [0.29, 0.717) is 24.8 Å². The summed E-state index contributed by atoms with van der Waals surface area (Å²) < 4.78 is 4.84. The lowest BCUT2D eigenvalue weighted by Gasteiger charge is -2.14. The Hall–Kier alpha value is -2.44. The molecule has 2 aromatic rings. The van der Waals surface area contributed by atoms with E-state index in [4.69, 9.17) is 4.52 Å². The van der Waals surface area contributed by atoms with Crippen molar-refractivity contribution in [1.82, 2.24) is 20.0 Å². The fourth-order valence-corrected chi connectivity index (χ4v) is 2.42. The lowest BCUT2D eigenvalue weighted by atomic mass is 10.3. The van der Waals surface area contributed by atoms with Crippen molar-refractivity contribution in [2.45, 2.75) is 31.8 Å². The Bertz CT molecular complexity index is 724. The quantitative estimate of drug-likeness (QED) is 0.872. The van der Waals surface area contributed by atoms with E-state index in [0.717, 1.165) is 24.1 Å². The highest BCUT2D eigenvalue weighted by molar-refractivity contribution is 5.92. The summed E-state index contributed by atoms with van der Waals surface area (Å²) in [5.41, 5.74) is 1.61. The molecule has 0 bridgehead atoms. The van der Waals surface area contributed by atoms with Gasteiger partial charge in [-0.15, -0.1) is 0 Å². The summed E-state index contributed by atoms with van der Waals surface area (Å²) in [7, 11) is 0. The summed E-state index contributed by atoms with van der Waals surface area (Å²) >= 11 is 0. The number of nitrogens with zero attached hydrogens (tertiary/aromatic N) is 3. The zero-order chi connectivity index (χ0) is 13.7. The first-order chi connectivity index (χ1) is 9.70. The van der Waals surface area contributed by atoms with Gasteiger partial charge in [0.25, 0.3) is 11.5 Å². The highest BCUT2D eigenvalue weighted by Crippen LogP contribution is 2.37. The van der Waals surface area contributed by atoms with Crippen LogP contribution >= 0.6 is 0 Å². The minimum atomic E-state index is -0.274. The fourth-order valence-electron chi connectivity index (χ4n) is 2.42. The van der Waals surface area contributed by atoms with E-state index in [1.54, 1.807) is 11.2 Å². The Morgan fingerprint density at radius 2 is 2.25 bits per heavy atom. The van der Waals surface area contributed by atoms with E-state index >= 15 is 0 Å². The molecule has 0 unspecified atom stereocenters. The molecule has 20 heavy (non-hydrogen) atoms. The maximum Gasteiger partial charge on any atom is 0.273 e. The molecule has 1 fully saturated rings. The van der Waals surface area contributed by atoms with Crippen LogP contribution in [0.1, 0.15) is 46.3 Å². The van der Waals surface area contributed by atoms with E-state index < -0.39 is 0 Å². The van der Waals surface area contributed by atoms with Gasteiger partial charge in [0.1, 0.15) is 23.5 Å². The lowest BCUT2D eigenvalue weighted by molar-refractivity contribution is 0.0740. The van der Waals surface area contributed by atoms with Crippen LogP contribution in [0.25, 0.3) is 0 Å². The van der Waals surface area contributed by atoms with Gasteiger partial charge in [-0.05, 0) is 12.8 Å². The van der Waals surface area contributed by atoms with Crippen molar-refractivity contribution in [3.05, 3.63) is 45.5 Å². The predicted octanol–water partition coefficient (Wildman–Crippen LogP) is 0.791. The van der Waals surface area contributed by atoms with Crippen molar-refractivity contribution in [1.29, 1.82) is 0 Å². The number of H-pyrrole nitrogens is 1. The molecule has 0 spiro atoms. The number of carbonyl (C=O) groups excluding carboxylic acids is 1. The van der Waals surface area contributed by atoms with Crippen LogP contribution in [0.2, 0.25) is 0 Å². The van der Waals surface area contributed by atoms with Crippen molar-refractivity contribution in [3.8, 4) is 0 Å². The molecule has 2 aliphatic rings. The second kappa shape index (κ2) is 4.03. The Labute approximate surface area is 113 Å². The first-order valence-corrected chi connectivity index (χ1v) is 6.53. The van der Waals surface area contributed by atoms with E-state index in [1.165, 1.54) is 6.07 Å². The van der Waals surface area contributed by atoms with Crippen molar-refractivity contribution in [3.63, 3.8) is 0 Å². The number of nitrogens with one attached hydrogen (secondary N) is 1. The van der Waals surface area contributed by atoms with Crippen LogP contribution in [0.4, 0.5) is 0 Å². The smallest absolute Gasteiger partial charge is 0.273 e. The molecule has 0 radical (unpaired) electrons. The highest BCUT2D eigenvalue weighted by Gasteiger charge is 2.30. The van der Waals surface area contributed by atoms with Crippen LogP contribution in [0.15, 0.2) is 21.6 Å². The molecule has 7 nitrogen and oxygen atoms in total. The van der Waals surface area contributed by atoms with Gasteiger partial charge >= 0.3 is 0 Å². The van der Waals surface area contributed by atoms with E-state index in [-0.39, 0.29) is 17.2 Å². The average Bonchev–Trinajstić information content (AvgIpc) is 3.06. The molecule has 0 atom stereocenters. The minimum Gasteiger partial charge on any atom is -0.364 e. The van der Waals surface area contributed by atoms with Gasteiger partial charge in [0.05, 0.1) is 13.1 Å². The van der Waals surface area contributed by atoms with Gasteiger partial charge in [-0.25, -0.2) is 4.98 Å². The molecule has 4 rings (SSSR count). The normalized spacial score (nSPS) is 17.3. The summed E-state index contributed by atoms with van der Waals surface area (Å²) in [6, 6.07) is 1.26. The van der Waals surface area contributed by atoms with Crippen LogP contribution in [0.3, 0.4) is 0 Å². The number of fused-ring (bicyclic) bond motifs is 1. The zero-order valence-corrected chi connectivity index (χ0v) is 10.6. The monoisotopic (exact) mass is 272 g/mol. The van der Waals surface area contributed by atoms with Gasteiger partial charge in [0.15, 0.2) is 0 Å². The number of rotatable bonds is 2. The molecular formula is C13H12N4O3. The van der Waals surface area contributed by atoms with Crippen LogP contribution < -0.4 is 5.56 Å². The highest BCUT2D eigenvalue weighted by atomic mass is 16.5. The molecule has 102 valence electrons. The Balaban J connectivity index is 1.63. The average molecular weight is 272 g/mol. The first kappa shape index (κ1) is 11.4. The summed E-state index contributed by atoms with van der Waals surface area (Å²) in [5.74, 6) is 0.685. The van der Waals surface area contributed by atoms with Crippen LogP contribution in [-0.2, 0) is 13.1 Å². The van der Waals surface area contributed by atoms with Gasteiger partial charge in [-0.3, -0.25) is 9.59 Å². The summed E-state index contributed by atoms with van der Waals surface area (Å²) in [6.45, 7) is 0.850. The van der Waals surface area contributed by atoms with Gasteiger partial charge in [-0.1, -0.05) is 5.16 Å². The lowest BCUT2D eigenvalue weighted by Crippen LogP contribution is -2.28. The number of hydrogen-bond donors (Lipinski definition) is 1. The first-order valence-electron chi connectivity index (χ1n) is 6.53. The second-order valence-electron chi connectivity index (χ2n) is 5.24. The van der Waals surface area contributed by atoms with Gasteiger partial charge in [0, 0.05) is 17.5 Å². The third-order valence-electron chi connectivity index (χ3n) is 3.66. The molecule has 1 amide bonds. The Morgan fingerprint density at radius 1 is 1.40 bits per heavy atom. The minimum absolute atomic E-state index is 0.206. The second-order valence-corrected chi connectivity index (χ2v) is 5.24.